The zero-order valence-corrected chi connectivity index (χ0v) is 9.77. The molecule has 0 N–H and O–H groups in total. The number of Topliss-reactive ketones (excluding diaryl/α,β-unsaturated/α-hetero) is 1. The maximum Gasteiger partial charge on any atom is 0.182 e. The van der Waals surface area contributed by atoms with Gasteiger partial charge in [0, 0.05) is 0 Å². The quantitative estimate of drug-likeness (QED) is 0.710. The monoisotopic (exact) mass is 228 g/mol. The highest BCUT2D eigenvalue weighted by Gasteiger charge is 2.49. The predicted molar refractivity (Wildman–Crippen MR) is 57.5 cm³/mol. The van der Waals surface area contributed by atoms with Crippen LogP contribution in [0.3, 0.4) is 0 Å². The van der Waals surface area contributed by atoms with Crippen LogP contribution in [-0.2, 0) is 4.79 Å². The summed E-state index contributed by atoms with van der Waals surface area (Å²) in [6.45, 7) is 3.08. The summed E-state index contributed by atoms with van der Waals surface area (Å²) in [6.07, 6.45) is 0.912. The lowest BCUT2D eigenvalue weighted by molar-refractivity contribution is -0.123. The van der Waals surface area contributed by atoms with Gasteiger partial charge in [-0.2, -0.15) is 21.0 Å². The smallest absolute Gasteiger partial charge is 0.182 e. The highest BCUT2D eigenvalue weighted by atomic mass is 16.1. The van der Waals surface area contributed by atoms with Gasteiger partial charge < -0.3 is 0 Å². The van der Waals surface area contributed by atoms with Crippen molar-refractivity contribution in [2.24, 2.45) is 17.3 Å². The molecule has 0 unspecified atom stereocenters. The first-order chi connectivity index (χ1) is 8.03. The summed E-state index contributed by atoms with van der Waals surface area (Å²) in [5.74, 6) is -2.66. The molecule has 0 aromatic rings. The van der Waals surface area contributed by atoms with Crippen LogP contribution < -0.4 is 0 Å². The summed E-state index contributed by atoms with van der Waals surface area (Å²) in [7, 11) is 0. The molecule has 0 rings (SSSR count). The first-order valence-electron chi connectivity index (χ1n) is 5.16. The Labute approximate surface area is 100 Å². The van der Waals surface area contributed by atoms with Gasteiger partial charge in [0.15, 0.2) is 11.3 Å². The second kappa shape index (κ2) is 6.26. The van der Waals surface area contributed by atoms with Crippen LogP contribution in [0.4, 0.5) is 0 Å². The van der Waals surface area contributed by atoms with Gasteiger partial charge in [-0.1, -0.05) is 13.3 Å². The summed E-state index contributed by atoms with van der Waals surface area (Å²) in [4.78, 5) is 11.5. The molecule has 0 aromatic carbocycles. The Kier molecular flexibility index (Phi) is 5.39. The second-order valence-corrected chi connectivity index (χ2v) is 3.74. The Hall–Kier alpha value is -2.37. The van der Waals surface area contributed by atoms with Gasteiger partial charge in [0.05, 0.1) is 30.2 Å². The number of rotatable bonds is 5. The van der Waals surface area contributed by atoms with Crippen LogP contribution in [0.15, 0.2) is 0 Å². The predicted octanol–water partition coefficient (Wildman–Crippen LogP) is 1.69. The molecule has 0 aliphatic heterocycles. The summed E-state index contributed by atoms with van der Waals surface area (Å²) < 4.78 is 0. The Bertz CT molecular complexity index is 427. The van der Waals surface area contributed by atoms with E-state index in [4.69, 9.17) is 21.0 Å². The van der Waals surface area contributed by atoms with E-state index in [1.807, 2.05) is 6.92 Å². The molecule has 0 amide bonds. The van der Waals surface area contributed by atoms with E-state index in [1.54, 1.807) is 24.3 Å². The SMILES string of the molecule is CCC[C@@H](C(C)=O)C(C#N)(C#N)C(C#N)C#N. The molecule has 0 radical (unpaired) electrons. The van der Waals surface area contributed by atoms with Gasteiger partial charge >= 0.3 is 0 Å². The van der Waals surface area contributed by atoms with Crippen molar-refractivity contribution in [3.05, 3.63) is 0 Å². The molecule has 5 nitrogen and oxygen atoms in total. The number of carbonyl (C=O) groups excluding carboxylic acids is 1. The van der Waals surface area contributed by atoms with Gasteiger partial charge in [-0.3, -0.25) is 4.79 Å². The lowest BCUT2D eigenvalue weighted by Crippen LogP contribution is -2.38. The number of ketones is 1. The number of nitriles is 4. The highest BCUT2D eigenvalue weighted by Crippen LogP contribution is 2.38. The molecule has 86 valence electrons. The van der Waals surface area contributed by atoms with E-state index in [1.165, 1.54) is 6.92 Å². The van der Waals surface area contributed by atoms with Gasteiger partial charge in [-0.15, -0.1) is 0 Å². The minimum atomic E-state index is -1.87. The molecular formula is C12H12N4O. The maximum absolute atomic E-state index is 11.5. The van der Waals surface area contributed by atoms with Gasteiger partial charge in [-0.25, -0.2) is 0 Å². The summed E-state index contributed by atoms with van der Waals surface area (Å²) in [6, 6.07) is 6.67. The Balaban J connectivity index is 5.74. The third-order valence-corrected chi connectivity index (χ3v) is 2.70. The molecule has 17 heavy (non-hydrogen) atoms. The first-order valence-corrected chi connectivity index (χ1v) is 5.16. The molecule has 0 spiro atoms. The lowest BCUT2D eigenvalue weighted by Gasteiger charge is -2.27. The first kappa shape index (κ1) is 14.6. The van der Waals surface area contributed by atoms with Crippen molar-refractivity contribution >= 4 is 5.78 Å². The molecule has 0 fully saturated rings. The maximum atomic E-state index is 11.5. The van der Waals surface area contributed by atoms with Crippen molar-refractivity contribution in [2.75, 3.05) is 0 Å². The molecule has 0 aromatic heterocycles. The van der Waals surface area contributed by atoms with E-state index in [0.29, 0.717) is 12.8 Å². The molecular weight excluding hydrogens is 216 g/mol. The van der Waals surface area contributed by atoms with E-state index in [-0.39, 0.29) is 5.78 Å². The van der Waals surface area contributed by atoms with E-state index < -0.39 is 17.3 Å². The number of nitrogens with zero attached hydrogens (tertiary/aromatic N) is 4. The number of carbonyl (C=O) groups is 1. The third kappa shape index (κ3) is 2.60. The molecule has 0 saturated heterocycles. The van der Waals surface area contributed by atoms with Crippen molar-refractivity contribution in [3.8, 4) is 24.3 Å². The largest absolute Gasteiger partial charge is 0.300 e. The zero-order valence-electron chi connectivity index (χ0n) is 9.77. The van der Waals surface area contributed by atoms with Crippen LogP contribution >= 0.6 is 0 Å². The minimum Gasteiger partial charge on any atom is -0.300 e. The average molecular weight is 228 g/mol. The topological polar surface area (TPSA) is 112 Å². The standard InChI is InChI=1S/C12H12N4O/c1-3-4-11(9(2)17)12(7-15,8-16)10(5-13)6-14/h10-11H,3-4H2,1-2H3/t11-/m0/s1. The van der Waals surface area contributed by atoms with Gasteiger partial charge in [0.2, 0.25) is 0 Å². The van der Waals surface area contributed by atoms with Crippen molar-refractivity contribution in [2.45, 2.75) is 26.7 Å². The van der Waals surface area contributed by atoms with Crippen LogP contribution in [0.1, 0.15) is 26.7 Å². The lowest BCUT2D eigenvalue weighted by atomic mass is 9.66. The molecule has 0 heterocycles. The molecule has 0 bridgehead atoms. The fourth-order valence-electron chi connectivity index (χ4n) is 1.78. The van der Waals surface area contributed by atoms with Crippen LogP contribution in [0.2, 0.25) is 0 Å². The van der Waals surface area contributed by atoms with Gasteiger partial charge in [0.1, 0.15) is 5.78 Å². The van der Waals surface area contributed by atoms with Crippen molar-refractivity contribution in [3.63, 3.8) is 0 Å². The fourth-order valence-corrected chi connectivity index (χ4v) is 1.78. The Morgan fingerprint density at radius 2 is 1.65 bits per heavy atom. The molecule has 0 aliphatic rings. The van der Waals surface area contributed by atoms with Crippen LogP contribution in [0.5, 0.6) is 0 Å². The Morgan fingerprint density at radius 3 is 1.88 bits per heavy atom. The molecule has 1 atom stereocenters. The molecule has 0 saturated carbocycles. The van der Waals surface area contributed by atoms with Gasteiger partial charge in [-0.05, 0) is 13.3 Å². The van der Waals surface area contributed by atoms with E-state index >= 15 is 0 Å². The van der Waals surface area contributed by atoms with E-state index in [9.17, 15) is 4.79 Å². The third-order valence-electron chi connectivity index (χ3n) is 2.70. The normalized spacial score (nSPS) is 11.7. The molecule has 0 aliphatic carbocycles. The van der Waals surface area contributed by atoms with Crippen LogP contribution in [0.25, 0.3) is 0 Å². The van der Waals surface area contributed by atoms with E-state index in [0.717, 1.165) is 0 Å². The number of hydrogen-bond acceptors (Lipinski definition) is 5. The summed E-state index contributed by atoms with van der Waals surface area (Å²) in [5, 5.41) is 35.9. The summed E-state index contributed by atoms with van der Waals surface area (Å²) >= 11 is 0. The van der Waals surface area contributed by atoms with Gasteiger partial charge in [0.25, 0.3) is 0 Å². The van der Waals surface area contributed by atoms with Crippen molar-refractivity contribution in [1.29, 1.82) is 21.0 Å². The highest BCUT2D eigenvalue weighted by molar-refractivity contribution is 5.80. The average Bonchev–Trinajstić information content (AvgIpc) is 2.33. The van der Waals surface area contributed by atoms with Crippen LogP contribution in [0, 0.1) is 62.6 Å². The van der Waals surface area contributed by atoms with E-state index in [2.05, 4.69) is 0 Å². The van der Waals surface area contributed by atoms with Crippen molar-refractivity contribution in [1.82, 2.24) is 0 Å². The molecule has 5 heteroatoms. The fraction of sp³-hybridized carbons (Fsp3) is 0.583. The van der Waals surface area contributed by atoms with Crippen molar-refractivity contribution < 1.29 is 4.79 Å². The summed E-state index contributed by atoms with van der Waals surface area (Å²) in [5.41, 5.74) is -1.87. The number of hydrogen-bond donors (Lipinski definition) is 0. The second-order valence-electron chi connectivity index (χ2n) is 3.74. The minimum absolute atomic E-state index is 0.316. The zero-order chi connectivity index (χ0) is 13.5. The van der Waals surface area contributed by atoms with Crippen LogP contribution in [-0.4, -0.2) is 5.78 Å². The Morgan fingerprint density at radius 1 is 1.18 bits per heavy atom.